The monoisotopic (exact) mass is 430 g/mol. The zero-order valence-electron chi connectivity index (χ0n) is 7.56. The molecule has 1 aromatic carbocycles. The van der Waals surface area contributed by atoms with E-state index >= 15 is 0 Å². The molecule has 0 spiro atoms. The molecule has 0 heterocycles. The first kappa shape index (κ1) is 12.6. The molecule has 0 fully saturated rings. The molecule has 0 aliphatic rings. The Morgan fingerprint density at radius 1 is 1.50 bits per heavy atom. The number of carbonyl (C=O) groups is 1. The maximum absolute atomic E-state index is 11.7. The van der Waals surface area contributed by atoms with Gasteiger partial charge in [-0.15, -0.1) is 0 Å². The van der Waals surface area contributed by atoms with Crippen LogP contribution in [0.1, 0.15) is 22.8 Å². The first-order valence-electron chi connectivity index (χ1n) is 4.08. The van der Waals surface area contributed by atoms with E-state index in [4.69, 9.17) is 0 Å². The summed E-state index contributed by atoms with van der Waals surface area (Å²) in [6.07, 6.45) is 0. The predicted molar refractivity (Wildman–Crippen MR) is 74.5 cm³/mol. The third-order valence-electron chi connectivity index (χ3n) is 1.76. The molecule has 0 aliphatic heterocycles. The van der Waals surface area contributed by atoms with Crippen LogP contribution in [-0.2, 0) is 5.33 Å². The SMILES string of the molecule is CC(Br)C(=O)c1cc(I)cc(CBr)c1. The molecule has 0 aliphatic carbocycles. The maximum Gasteiger partial charge on any atom is 0.176 e. The minimum atomic E-state index is -0.121. The van der Waals surface area contributed by atoms with Crippen molar-refractivity contribution >= 4 is 60.2 Å². The van der Waals surface area contributed by atoms with E-state index in [1.807, 2.05) is 19.1 Å². The van der Waals surface area contributed by atoms with Crippen molar-refractivity contribution in [1.82, 2.24) is 0 Å². The Morgan fingerprint density at radius 3 is 2.64 bits per heavy atom. The number of carbonyl (C=O) groups excluding carboxylic acids is 1. The number of Topliss-reactive ketones (excluding diaryl/α,β-unsaturated/α-hetero) is 1. The van der Waals surface area contributed by atoms with Gasteiger partial charge in [-0.1, -0.05) is 31.9 Å². The molecule has 1 aromatic rings. The van der Waals surface area contributed by atoms with Crippen LogP contribution in [0.4, 0.5) is 0 Å². The summed E-state index contributed by atoms with van der Waals surface area (Å²) in [5.41, 5.74) is 1.91. The molecule has 76 valence electrons. The minimum absolute atomic E-state index is 0.121. The molecule has 0 radical (unpaired) electrons. The number of ketones is 1. The van der Waals surface area contributed by atoms with Crippen molar-refractivity contribution in [3.63, 3.8) is 0 Å². The Labute approximate surface area is 114 Å². The number of rotatable bonds is 3. The maximum atomic E-state index is 11.7. The summed E-state index contributed by atoms with van der Waals surface area (Å²) in [4.78, 5) is 11.6. The van der Waals surface area contributed by atoms with Crippen molar-refractivity contribution in [2.75, 3.05) is 0 Å². The molecule has 1 nitrogen and oxygen atoms in total. The Kier molecular flexibility index (Phi) is 5.06. The summed E-state index contributed by atoms with van der Waals surface area (Å²) in [6.45, 7) is 1.84. The van der Waals surface area contributed by atoms with Gasteiger partial charge in [0.15, 0.2) is 5.78 Å². The van der Waals surface area contributed by atoms with Crippen molar-refractivity contribution in [1.29, 1.82) is 0 Å². The molecule has 0 bridgehead atoms. The standard InChI is InChI=1S/C10H9Br2IO/c1-6(12)10(14)8-2-7(5-11)3-9(13)4-8/h2-4,6H,5H2,1H3. The van der Waals surface area contributed by atoms with Crippen molar-refractivity contribution in [2.45, 2.75) is 17.1 Å². The van der Waals surface area contributed by atoms with E-state index < -0.39 is 0 Å². The molecule has 14 heavy (non-hydrogen) atoms. The van der Waals surface area contributed by atoms with E-state index in [9.17, 15) is 4.79 Å². The van der Waals surface area contributed by atoms with Crippen molar-refractivity contribution in [3.05, 3.63) is 32.9 Å². The number of hydrogen-bond donors (Lipinski definition) is 0. The molecule has 0 aromatic heterocycles. The van der Waals surface area contributed by atoms with Crippen LogP contribution >= 0.6 is 54.5 Å². The first-order chi connectivity index (χ1) is 6.54. The number of halogens is 3. The highest BCUT2D eigenvalue weighted by Crippen LogP contribution is 2.18. The fourth-order valence-electron chi connectivity index (χ4n) is 1.10. The van der Waals surface area contributed by atoms with Gasteiger partial charge in [0.1, 0.15) is 0 Å². The summed E-state index contributed by atoms with van der Waals surface area (Å²) in [5.74, 6) is 0.130. The van der Waals surface area contributed by atoms with Gasteiger partial charge < -0.3 is 0 Å². The molecule has 0 saturated carbocycles. The third kappa shape index (κ3) is 3.31. The van der Waals surface area contributed by atoms with Gasteiger partial charge >= 0.3 is 0 Å². The molecule has 1 atom stereocenters. The van der Waals surface area contributed by atoms with Crippen LogP contribution in [0.15, 0.2) is 18.2 Å². The van der Waals surface area contributed by atoms with E-state index in [0.717, 1.165) is 20.0 Å². The quantitative estimate of drug-likeness (QED) is 0.399. The molecular formula is C10H9Br2IO. The average Bonchev–Trinajstić information content (AvgIpc) is 2.15. The lowest BCUT2D eigenvalue weighted by atomic mass is 10.1. The third-order valence-corrected chi connectivity index (χ3v) is 3.44. The Hall–Kier alpha value is 0.580. The van der Waals surface area contributed by atoms with Gasteiger partial charge in [0.25, 0.3) is 0 Å². The van der Waals surface area contributed by atoms with Gasteiger partial charge in [0, 0.05) is 14.5 Å². The predicted octanol–water partition coefficient (Wildman–Crippen LogP) is 4.15. The highest BCUT2D eigenvalue weighted by Gasteiger charge is 2.12. The zero-order chi connectivity index (χ0) is 10.7. The molecule has 1 rings (SSSR count). The number of benzene rings is 1. The van der Waals surface area contributed by atoms with Crippen molar-refractivity contribution in [3.8, 4) is 0 Å². The lowest BCUT2D eigenvalue weighted by Crippen LogP contribution is -2.10. The van der Waals surface area contributed by atoms with Gasteiger partial charge in [0.05, 0.1) is 4.83 Å². The second kappa shape index (κ2) is 5.61. The first-order valence-corrected chi connectivity index (χ1v) is 7.20. The van der Waals surface area contributed by atoms with Crippen LogP contribution in [0.2, 0.25) is 0 Å². The summed E-state index contributed by atoms with van der Waals surface area (Å²) in [5, 5.41) is 0.779. The lowest BCUT2D eigenvalue weighted by Gasteiger charge is -2.05. The largest absolute Gasteiger partial charge is 0.293 e. The zero-order valence-corrected chi connectivity index (χ0v) is 12.9. The van der Waals surface area contributed by atoms with Crippen LogP contribution in [0.5, 0.6) is 0 Å². The second-order valence-corrected chi connectivity index (χ2v) is 6.14. The molecule has 4 heteroatoms. The van der Waals surface area contributed by atoms with Gasteiger partial charge in [-0.2, -0.15) is 0 Å². The van der Waals surface area contributed by atoms with E-state index in [1.165, 1.54) is 0 Å². The molecule has 0 amide bonds. The summed E-state index contributed by atoms with van der Waals surface area (Å²) in [6, 6.07) is 5.90. The van der Waals surface area contributed by atoms with E-state index in [2.05, 4.69) is 60.5 Å². The van der Waals surface area contributed by atoms with Crippen LogP contribution in [0.3, 0.4) is 0 Å². The van der Waals surface area contributed by atoms with E-state index in [1.54, 1.807) is 0 Å². The Balaban J connectivity index is 3.09. The summed E-state index contributed by atoms with van der Waals surface area (Å²) >= 11 is 8.89. The molecule has 1 unspecified atom stereocenters. The summed E-state index contributed by atoms with van der Waals surface area (Å²) in [7, 11) is 0. The van der Waals surface area contributed by atoms with Gasteiger partial charge in [0.2, 0.25) is 0 Å². The molecule has 0 saturated heterocycles. The van der Waals surface area contributed by atoms with Gasteiger partial charge in [-0.25, -0.2) is 0 Å². The smallest absolute Gasteiger partial charge is 0.176 e. The molecule has 0 N–H and O–H groups in total. The van der Waals surface area contributed by atoms with Crippen LogP contribution in [0, 0.1) is 3.57 Å². The van der Waals surface area contributed by atoms with E-state index in [0.29, 0.717) is 0 Å². The second-order valence-electron chi connectivity index (χ2n) is 2.96. The average molecular weight is 432 g/mol. The summed E-state index contributed by atoms with van der Waals surface area (Å²) < 4.78 is 1.09. The van der Waals surface area contributed by atoms with Crippen LogP contribution < -0.4 is 0 Å². The topological polar surface area (TPSA) is 17.1 Å². The van der Waals surface area contributed by atoms with Gasteiger partial charge in [-0.3, -0.25) is 4.79 Å². The highest BCUT2D eigenvalue weighted by atomic mass is 127. The van der Waals surface area contributed by atoms with Crippen molar-refractivity contribution < 1.29 is 4.79 Å². The van der Waals surface area contributed by atoms with E-state index in [-0.39, 0.29) is 10.6 Å². The number of hydrogen-bond acceptors (Lipinski definition) is 1. The van der Waals surface area contributed by atoms with Crippen molar-refractivity contribution in [2.24, 2.45) is 0 Å². The number of alkyl halides is 2. The Morgan fingerprint density at radius 2 is 2.14 bits per heavy atom. The highest BCUT2D eigenvalue weighted by molar-refractivity contribution is 14.1. The van der Waals surface area contributed by atoms with Gasteiger partial charge in [-0.05, 0) is 53.3 Å². The fourth-order valence-corrected chi connectivity index (χ4v) is 2.42. The minimum Gasteiger partial charge on any atom is -0.293 e. The fraction of sp³-hybridized carbons (Fsp3) is 0.300. The van der Waals surface area contributed by atoms with Crippen LogP contribution in [0.25, 0.3) is 0 Å². The lowest BCUT2D eigenvalue weighted by molar-refractivity contribution is 0.0995. The Bertz CT molecular complexity index is 350. The molecular weight excluding hydrogens is 423 g/mol. The van der Waals surface area contributed by atoms with Crippen LogP contribution in [-0.4, -0.2) is 10.6 Å². The normalized spacial score (nSPS) is 12.6.